The second-order valence-corrected chi connectivity index (χ2v) is 15.3. The maximum atomic E-state index is 11.4. The minimum absolute atomic E-state index is 0.00309. The summed E-state index contributed by atoms with van der Waals surface area (Å²) >= 11 is 0. The molecule has 0 aromatic heterocycles. The average Bonchev–Trinajstić information content (AvgIpc) is 3.15. The Kier molecular flexibility index (Phi) is 8.36. The molecule has 0 aliphatic heterocycles. The first-order chi connectivity index (χ1) is 16.7. The number of rotatable bonds is 9. The number of hydrogen-bond acceptors (Lipinski definition) is 4. The fraction of sp³-hybridized carbons (Fsp3) is 1.00. The van der Waals surface area contributed by atoms with E-state index in [1.165, 1.54) is 44.9 Å². The SMILES string of the molecule is COC(C)(C)CCC[C@@H](C)[C@H]1CC[C@H]2[C@@H]3CC[C@H]4[C@@H](O)[C@@H](OCC(C)(C)O)CC[C@]4(C)[C@H]3CC[C@]12C. The summed E-state index contributed by atoms with van der Waals surface area (Å²) < 4.78 is 11.7. The van der Waals surface area contributed by atoms with Crippen LogP contribution >= 0.6 is 0 Å². The molecular formula is C32H58O4. The van der Waals surface area contributed by atoms with Crippen molar-refractivity contribution in [2.45, 2.75) is 143 Å². The zero-order chi connectivity index (χ0) is 26.5. The molecule has 0 amide bonds. The lowest BCUT2D eigenvalue weighted by atomic mass is 9.44. The number of ether oxygens (including phenoxy) is 2. The number of fused-ring (bicyclic) bond motifs is 5. The monoisotopic (exact) mass is 506 g/mol. The summed E-state index contributed by atoms with van der Waals surface area (Å²) in [4.78, 5) is 0. The van der Waals surface area contributed by atoms with Crippen LogP contribution < -0.4 is 0 Å². The first-order valence-electron chi connectivity index (χ1n) is 15.3. The molecular weight excluding hydrogens is 448 g/mol. The van der Waals surface area contributed by atoms with Crippen LogP contribution in [-0.4, -0.2) is 47.3 Å². The first kappa shape index (κ1) is 28.8. The molecule has 4 aliphatic carbocycles. The van der Waals surface area contributed by atoms with E-state index >= 15 is 0 Å². The predicted molar refractivity (Wildman–Crippen MR) is 147 cm³/mol. The molecule has 0 spiro atoms. The summed E-state index contributed by atoms with van der Waals surface area (Å²) in [6.07, 6.45) is 13.3. The van der Waals surface area contributed by atoms with E-state index < -0.39 is 11.7 Å². The topological polar surface area (TPSA) is 58.9 Å². The van der Waals surface area contributed by atoms with E-state index in [0.717, 1.165) is 55.3 Å². The first-order valence-corrected chi connectivity index (χ1v) is 15.3. The summed E-state index contributed by atoms with van der Waals surface area (Å²) in [7, 11) is 1.84. The second-order valence-electron chi connectivity index (χ2n) is 15.3. The smallest absolute Gasteiger partial charge is 0.0838 e. The summed E-state index contributed by atoms with van der Waals surface area (Å²) in [6, 6.07) is 0. The molecule has 0 radical (unpaired) electrons. The molecule has 4 nitrogen and oxygen atoms in total. The predicted octanol–water partition coefficient (Wildman–Crippen LogP) is 7.00. The molecule has 36 heavy (non-hydrogen) atoms. The van der Waals surface area contributed by atoms with Crippen LogP contribution in [0.25, 0.3) is 0 Å². The Labute approximate surface area is 222 Å². The van der Waals surface area contributed by atoms with Crippen LogP contribution in [0.3, 0.4) is 0 Å². The van der Waals surface area contributed by atoms with Gasteiger partial charge in [0.05, 0.1) is 30.0 Å². The molecule has 4 fully saturated rings. The van der Waals surface area contributed by atoms with Gasteiger partial charge in [-0.2, -0.15) is 0 Å². The van der Waals surface area contributed by atoms with Crippen LogP contribution in [-0.2, 0) is 9.47 Å². The number of aliphatic hydroxyl groups is 2. The Morgan fingerprint density at radius 3 is 2.19 bits per heavy atom. The highest BCUT2D eigenvalue weighted by molar-refractivity contribution is 5.11. The normalized spacial score (nSPS) is 44.0. The molecule has 4 saturated carbocycles. The Morgan fingerprint density at radius 1 is 0.889 bits per heavy atom. The van der Waals surface area contributed by atoms with Gasteiger partial charge in [-0.3, -0.25) is 0 Å². The van der Waals surface area contributed by atoms with E-state index in [4.69, 9.17) is 9.47 Å². The standard InChI is InChI=1S/C32H58O4/c1-21(10-9-17-30(4,5)35-8)23-13-14-24-22-11-12-26-28(33)27(36-20-29(2,3)34)16-19-32(26,7)25(22)15-18-31(23,24)6/h21-28,33-34H,9-20H2,1-8H3/t21-,22+,23-,24+,25+,26+,27+,28-,31-,32-/m1/s1. The Morgan fingerprint density at radius 2 is 1.53 bits per heavy atom. The van der Waals surface area contributed by atoms with Gasteiger partial charge in [-0.05, 0) is 132 Å². The van der Waals surface area contributed by atoms with Gasteiger partial charge < -0.3 is 19.7 Å². The maximum absolute atomic E-state index is 11.4. The zero-order valence-electron chi connectivity index (χ0n) is 24.8. The van der Waals surface area contributed by atoms with Gasteiger partial charge in [0, 0.05) is 7.11 Å². The third-order valence-corrected chi connectivity index (χ3v) is 12.1. The van der Waals surface area contributed by atoms with E-state index in [1.807, 2.05) is 7.11 Å². The Balaban J connectivity index is 1.41. The van der Waals surface area contributed by atoms with Gasteiger partial charge in [0.2, 0.25) is 0 Å². The van der Waals surface area contributed by atoms with Crippen molar-refractivity contribution in [3.63, 3.8) is 0 Å². The van der Waals surface area contributed by atoms with Crippen molar-refractivity contribution < 1.29 is 19.7 Å². The molecule has 4 rings (SSSR count). The lowest BCUT2D eigenvalue weighted by Crippen LogP contribution is -2.59. The molecule has 4 heteroatoms. The summed E-state index contributed by atoms with van der Waals surface area (Å²) in [5.74, 6) is 4.42. The number of methoxy groups -OCH3 is 1. The molecule has 10 atom stereocenters. The van der Waals surface area contributed by atoms with Crippen LogP contribution in [0.5, 0.6) is 0 Å². The molecule has 0 heterocycles. The van der Waals surface area contributed by atoms with E-state index in [0.29, 0.717) is 17.9 Å². The highest BCUT2D eigenvalue weighted by Gasteiger charge is 2.62. The van der Waals surface area contributed by atoms with Crippen molar-refractivity contribution in [2.75, 3.05) is 13.7 Å². The highest BCUT2D eigenvalue weighted by atomic mass is 16.5. The third kappa shape index (κ3) is 5.45. The van der Waals surface area contributed by atoms with Crippen LogP contribution in [0.2, 0.25) is 0 Å². The molecule has 2 N–H and O–H groups in total. The molecule has 0 aromatic rings. The average molecular weight is 507 g/mol. The number of hydrogen-bond donors (Lipinski definition) is 2. The van der Waals surface area contributed by atoms with Gasteiger partial charge in [0.25, 0.3) is 0 Å². The lowest BCUT2D eigenvalue weighted by Gasteiger charge is -2.62. The molecule has 0 bridgehead atoms. The molecule has 4 aliphatic rings. The van der Waals surface area contributed by atoms with Crippen molar-refractivity contribution in [3.8, 4) is 0 Å². The molecule has 0 aromatic carbocycles. The Hall–Kier alpha value is -0.160. The van der Waals surface area contributed by atoms with E-state index in [-0.39, 0.29) is 17.1 Å². The van der Waals surface area contributed by atoms with Crippen molar-refractivity contribution >= 4 is 0 Å². The quantitative estimate of drug-likeness (QED) is 0.353. The van der Waals surface area contributed by atoms with Crippen molar-refractivity contribution in [1.82, 2.24) is 0 Å². The minimum atomic E-state index is -0.845. The van der Waals surface area contributed by atoms with Gasteiger partial charge in [-0.15, -0.1) is 0 Å². The van der Waals surface area contributed by atoms with Gasteiger partial charge in [-0.1, -0.05) is 33.6 Å². The zero-order valence-corrected chi connectivity index (χ0v) is 24.8. The van der Waals surface area contributed by atoms with Gasteiger partial charge in [0.1, 0.15) is 0 Å². The van der Waals surface area contributed by atoms with Crippen LogP contribution in [0, 0.1) is 46.3 Å². The highest BCUT2D eigenvalue weighted by Crippen LogP contribution is 2.68. The van der Waals surface area contributed by atoms with Crippen molar-refractivity contribution in [2.24, 2.45) is 46.3 Å². The van der Waals surface area contributed by atoms with Gasteiger partial charge in [-0.25, -0.2) is 0 Å². The summed E-state index contributed by atoms with van der Waals surface area (Å²) in [6.45, 7) is 16.0. The van der Waals surface area contributed by atoms with Crippen LogP contribution in [0.15, 0.2) is 0 Å². The molecule has 0 unspecified atom stereocenters. The second kappa shape index (κ2) is 10.4. The van der Waals surface area contributed by atoms with Crippen LogP contribution in [0.4, 0.5) is 0 Å². The van der Waals surface area contributed by atoms with Gasteiger partial charge >= 0.3 is 0 Å². The summed E-state index contributed by atoms with van der Waals surface area (Å²) in [5.41, 5.74) is -0.126. The molecule has 0 saturated heterocycles. The Bertz CT molecular complexity index is 743. The summed E-state index contributed by atoms with van der Waals surface area (Å²) in [5, 5.41) is 21.5. The lowest BCUT2D eigenvalue weighted by molar-refractivity contribution is -0.193. The fourth-order valence-corrected chi connectivity index (χ4v) is 9.92. The van der Waals surface area contributed by atoms with E-state index in [1.54, 1.807) is 13.8 Å². The fourth-order valence-electron chi connectivity index (χ4n) is 9.92. The molecule has 210 valence electrons. The van der Waals surface area contributed by atoms with Crippen LogP contribution in [0.1, 0.15) is 119 Å². The van der Waals surface area contributed by atoms with Crippen molar-refractivity contribution in [3.05, 3.63) is 0 Å². The van der Waals surface area contributed by atoms with E-state index in [9.17, 15) is 10.2 Å². The number of aliphatic hydroxyl groups excluding tert-OH is 1. The van der Waals surface area contributed by atoms with Gasteiger partial charge in [0.15, 0.2) is 0 Å². The van der Waals surface area contributed by atoms with Crippen molar-refractivity contribution in [1.29, 1.82) is 0 Å². The largest absolute Gasteiger partial charge is 0.390 e. The van der Waals surface area contributed by atoms with E-state index in [2.05, 4.69) is 34.6 Å². The minimum Gasteiger partial charge on any atom is -0.390 e. The maximum Gasteiger partial charge on any atom is 0.0838 e. The third-order valence-electron chi connectivity index (χ3n) is 12.1.